The van der Waals surface area contributed by atoms with Gasteiger partial charge < -0.3 is 10.2 Å². The highest BCUT2D eigenvalue weighted by Crippen LogP contribution is 2.30. The highest BCUT2D eigenvalue weighted by Gasteiger charge is 2.27. The van der Waals surface area contributed by atoms with E-state index in [-0.39, 0.29) is 0 Å². The normalized spacial score (nSPS) is 24.9. The largest absolute Gasteiger partial charge is 0.372 e. The number of rotatable bonds is 1. The van der Waals surface area contributed by atoms with E-state index >= 15 is 0 Å². The molecule has 0 aromatic carbocycles. The first-order chi connectivity index (χ1) is 7.45. The SMILES string of the molecule is C1=C2C(c3ccncc3)NCCN2CC1. The van der Waals surface area contributed by atoms with Gasteiger partial charge in [-0.05, 0) is 24.1 Å². The van der Waals surface area contributed by atoms with E-state index in [9.17, 15) is 0 Å². The molecule has 0 amide bonds. The summed E-state index contributed by atoms with van der Waals surface area (Å²) in [4.78, 5) is 6.55. The van der Waals surface area contributed by atoms with Crippen LogP contribution in [0.5, 0.6) is 0 Å². The van der Waals surface area contributed by atoms with Gasteiger partial charge in [0.1, 0.15) is 0 Å². The van der Waals surface area contributed by atoms with Crippen LogP contribution in [0.3, 0.4) is 0 Å². The Hall–Kier alpha value is -1.35. The van der Waals surface area contributed by atoms with Crippen molar-refractivity contribution in [2.24, 2.45) is 0 Å². The van der Waals surface area contributed by atoms with Crippen LogP contribution in [0, 0.1) is 0 Å². The van der Waals surface area contributed by atoms with Crippen LogP contribution >= 0.6 is 0 Å². The number of aromatic nitrogens is 1. The van der Waals surface area contributed by atoms with Crippen LogP contribution in [0.1, 0.15) is 18.0 Å². The Labute approximate surface area is 89.8 Å². The lowest BCUT2D eigenvalue weighted by molar-refractivity contribution is 0.290. The molecule has 0 spiro atoms. The monoisotopic (exact) mass is 201 g/mol. The highest BCUT2D eigenvalue weighted by molar-refractivity contribution is 5.29. The molecular formula is C12H15N3. The minimum atomic E-state index is 0.379. The van der Waals surface area contributed by atoms with Crippen molar-refractivity contribution in [1.82, 2.24) is 15.2 Å². The van der Waals surface area contributed by atoms with Crippen molar-refractivity contribution in [3.05, 3.63) is 41.9 Å². The summed E-state index contributed by atoms with van der Waals surface area (Å²) in [6.45, 7) is 3.41. The zero-order valence-corrected chi connectivity index (χ0v) is 8.69. The van der Waals surface area contributed by atoms with Crippen molar-refractivity contribution in [3.63, 3.8) is 0 Å². The summed E-state index contributed by atoms with van der Waals surface area (Å²) in [5, 5.41) is 3.57. The molecule has 1 fully saturated rings. The van der Waals surface area contributed by atoms with E-state index in [4.69, 9.17) is 0 Å². The van der Waals surface area contributed by atoms with Crippen LogP contribution in [0.2, 0.25) is 0 Å². The van der Waals surface area contributed by atoms with E-state index in [1.54, 1.807) is 0 Å². The summed E-state index contributed by atoms with van der Waals surface area (Å²) in [5.74, 6) is 0. The molecule has 1 aromatic rings. The zero-order chi connectivity index (χ0) is 10.1. The maximum absolute atomic E-state index is 4.06. The Morgan fingerprint density at radius 3 is 3.00 bits per heavy atom. The Bertz CT molecular complexity index is 372. The lowest BCUT2D eigenvalue weighted by atomic mass is 10.0. The number of pyridine rings is 1. The van der Waals surface area contributed by atoms with Gasteiger partial charge in [-0.15, -0.1) is 0 Å². The summed E-state index contributed by atoms with van der Waals surface area (Å²) in [5.41, 5.74) is 2.77. The van der Waals surface area contributed by atoms with Gasteiger partial charge in [0.25, 0.3) is 0 Å². The van der Waals surface area contributed by atoms with Crippen molar-refractivity contribution >= 4 is 0 Å². The van der Waals surface area contributed by atoms with Crippen molar-refractivity contribution in [1.29, 1.82) is 0 Å². The summed E-state index contributed by atoms with van der Waals surface area (Å²) < 4.78 is 0. The second-order valence-electron chi connectivity index (χ2n) is 4.07. The first kappa shape index (κ1) is 8.92. The maximum atomic E-state index is 4.06. The number of piperazine rings is 1. The third-order valence-electron chi connectivity index (χ3n) is 3.18. The fourth-order valence-corrected chi connectivity index (χ4v) is 2.46. The van der Waals surface area contributed by atoms with Crippen molar-refractivity contribution in [3.8, 4) is 0 Å². The first-order valence-corrected chi connectivity index (χ1v) is 5.53. The molecule has 1 aromatic heterocycles. The van der Waals surface area contributed by atoms with Gasteiger partial charge in [0.05, 0.1) is 6.04 Å². The second-order valence-corrected chi connectivity index (χ2v) is 4.07. The summed E-state index contributed by atoms with van der Waals surface area (Å²) in [7, 11) is 0. The van der Waals surface area contributed by atoms with Crippen LogP contribution in [0.25, 0.3) is 0 Å². The minimum Gasteiger partial charge on any atom is -0.372 e. The van der Waals surface area contributed by atoms with Gasteiger partial charge in [-0.1, -0.05) is 6.08 Å². The van der Waals surface area contributed by atoms with Gasteiger partial charge in [-0.2, -0.15) is 0 Å². The topological polar surface area (TPSA) is 28.2 Å². The van der Waals surface area contributed by atoms with Gasteiger partial charge >= 0.3 is 0 Å². The minimum absolute atomic E-state index is 0.379. The Morgan fingerprint density at radius 2 is 2.13 bits per heavy atom. The fraction of sp³-hybridized carbons (Fsp3) is 0.417. The number of nitrogens with zero attached hydrogens (tertiary/aromatic N) is 2. The molecule has 78 valence electrons. The fourth-order valence-electron chi connectivity index (χ4n) is 2.46. The zero-order valence-electron chi connectivity index (χ0n) is 8.69. The molecular weight excluding hydrogens is 186 g/mol. The standard InChI is InChI=1S/C12H15N3/c1-2-11-12(10-3-5-13-6-4-10)14-7-9-15(11)8-1/h2-6,12,14H,1,7-9H2. The quantitative estimate of drug-likeness (QED) is 0.742. The van der Waals surface area contributed by atoms with Crippen LogP contribution in [-0.2, 0) is 0 Å². The number of nitrogens with one attached hydrogen (secondary N) is 1. The smallest absolute Gasteiger partial charge is 0.0726 e. The van der Waals surface area contributed by atoms with E-state index in [2.05, 4.69) is 33.4 Å². The molecule has 0 bridgehead atoms. The van der Waals surface area contributed by atoms with Crippen molar-refractivity contribution in [2.45, 2.75) is 12.5 Å². The third-order valence-corrected chi connectivity index (χ3v) is 3.18. The molecule has 1 saturated heterocycles. The summed E-state index contributed by atoms with van der Waals surface area (Å²) in [6, 6.07) is 4.57. The molecule has 0 saturated carbocycles. The molecule has 0 aliphatic carbocycles. The Morgan fingerprint density at radius 1 is 1.27 bits per heavy atom. The van der Waals surface area contributed by atoms with Crippen molar-refractivity contribution < 1.29 is 0 Å². The van der Waals surface area contributed by atoms with Crippen LogP contribution in [0.4, 0.5) is 0 Å². The molecule has 3 rings (SSSR count). The first-order valence-electron chi connectivity index (χ1n) is 5.53. The van der Waals surface area contributed by atoms with Gasteiger partial charge in [0.15, 0.2) is 0 Å². The van der Waals surface area contributed by atoms with Gasteiger partial charge in [0, 0.05) is 37.7 Å². The molecule has 2 aliphatic heterocycles. The number of fused-ring (bicyclic) bond motifs is 1. The molecule has 3 heterocycles. The molecule has 15 heavy (non-hydrogen) atoms. The predicted molar refractivity (Wildman–Crippen MR) is 59.3 cm³/mol. The van der Waals surface area contributed by atoms with Crippen molar-refractivity contribution in [2.75, 3.05) is 19.6 Å². The molecule has 3 nitrogen and oxygen atoms in total. The molecule has 1 N–H and O–H groups in total. The molecule has 2 aliphatic rings. The molecule has 1 atom stereocenters. The van der Waals surface area contributed by atoms with Crippen LogP contribution in [0.15, 0.2) is 36.3 Å². The average molecular weight is 201 g/mol. The van der Waals surface area contributed by atoms with E-state index in [0.717, 1.165) is 13.1 Å². The van der Waals surface area contributed by atoms with E-state index in [0.29, 0.717) is 6.04 Å². The molecule has 3 heteroatoms. The number of hydrogen-bond acceptors (Lipinski definition) is 3. The summed E-state index contributed by atoms with van der Waals surface area (Å²) >= 11 is 0. The van der Waals surface area contributed by atoms with E-state index in [1.165, 1.54) is 24.2 Å². The number of hydrogen-bond donors (Lipinski definition) is 1. The summed E-state index contributed by atoms with van der Waals surface area (Å²) in [6.07, 6.45) is 7.28. The van der Waals surface area contributed by atoms with Crippen LogP contribution < -0.4 is 5.32 Å². The van der Waals surface area contributed by atoms with E-state index in [1.807, 2.05) is 12.4 Å². The third kappa shape index (κ3) is 1.53. The predicted octanol–water partition coefficient (Wildman–Crippen LogP) is 1.32. The van der Waals surface area contributed by atoms with E-state index < -0.39 is 0 Å². The molecule has 1 unspecified atom stereocenters. The molecule has 0 radical (unpaired) electrons. The van der Waals surface area contributed by atoms with Gasteiger partial charge in [0.2, 0.25) is 0 Å². The van der Waals surface area contributed by atoms with Gasteiger partial charge in [-0.3, -0.25) is 4.98 Å². The second kappa shape index (κ2) is 3.66. The highest BCUT2D eigenvalue weighted by atomic mass is 15.2. The van der Waals surface area contributed by atoms with Gasteiger partial charge in [-0.25, -0.2) is 0 Å². The lowest BCUT2D eigenvalue weighted by Gasteiger charge is -2.35. The average Bonchev–Trinajstić information content (AvgIpc) is 2.78. The lowest BCUT2D eigenvalue weighted by Crippen LogP contribution is -2.42. The maximum Gasteiger partial charge on any atom is 0.0726 e. The Kier molecular flexibility index (Phi) is 2.18. The van der Waals surface area contributed by atoms with Crippen LogP contribution in [-0.4, -0.2) is 29.5 Å². The Balaban J connectivity index is 1.92.